The van der Waals surface area contributed by atoms with E-state index in [4.69, 9.17) is 27.9 Å². The number of benzene rings is 3. The number of carbonyl (C=O) groups is 1. The van der Waals surface area contributed by atoms with Crippen molar-refractivity contribution in [2.45, 2.75) is 4.90 Å². The molecule has 0 aliphatic carbocycles. The van der Waals surface area contributed by atoms with E-state index in [0.29, 0.717) is 42.7 Å². The van der Waals surface area contributed by atoms with Gasteiger partial charge in [-0.25, -0.2) is 36.8 Å². The molecule has 1 aliphatic heterocycles. The molecule has 1 saturated heterocycles. The molecule has 0 unspecified atom stereocenters. The highest BCUT2D eigenvalue weighted by Gasteiger charge is 2.26. The molecule has 4 heterocycles. The van der Waals surface area contributed by atoms with E-state index in [1.807, 2.05) is 0 Å². The lowest BCUT2D eigenvalue weighted by Gasteiger charge is -2.26. The van der Waals surface area contributed by atoms with Crippen molar-refractivity contribution in [3.8, 4) is 5.82 Å². The fourth-order valence-electron chi connectivity index (χ4n) is 5.21. The highest BCUT2D eigenvalue weighted by Crippen LogP contribution is 2.34. The SMILES string of the molecule is O=C(c1nn(-c2ccc3ncnc(Nc4c(F)ccc(NS(=O)(=O)c5cccc(Cl)c5Cl)c4F)c3n2)c2ccccc12)N1CCOCC1. The molecule has 7 rings (SSSR count). The van der Waals surface area contributed by atoms with Gasteiger partial charge in [-0.15, -0.1) is 0 Å². The molecule has 0 saturated carbocycles. The van der Waals surface area contributed by atoms with Crippen LogP contribution in [0, 0.1) is 11.6 Å². The molecule has 1 amide bonds. The lowest BCUT2D eigenvalue weighted by atomic mass is 10.2. The molecule has 0 radical (unpaired) electrons. The normalized spacial score (nSPS) is 13.6. The molecule has 48 heavy (non-hydrogen) atoms. The molecule has 2 N–H and O–H groups in total. The number of hydrogen-bond donors (Lipinski definition) is 2. The minimum atomic E-state index is -4.43. The average molecular weight is 712 g/mol. The average Bonchev–Trinajstić information content (AvgIpc) is 3.48. The second-order valence-electron chi connectivity index (χ2n) is 10.5. The number of amides is 1. The van der Waals surface area contributed by atoms with Crippen LogP contribution in [0.1, 0.15) is 10.5 Å². The van der Waals surface area contributed by atoms with Gasteiger partial charge in [-0.05, 0) is 42.5 Å². The van der Waals surface area contributed by atoms with E-state index in [1.165, 1.54) is 29.2 Å². The molecule has 1 aliphatic rings. The Morgan fingerprint density at radius 1 is 0.938 bits per heavy atom. The number of para-hydroxylation sites is 1. The van der Waals surface area contributed by atoms with Crippen molar-refractivity contribution in [2.75, 3.05) is 36.3 Å². The van der Waals surface area contributed by atoms with Crippen LogP contribution in [0.4, 0.5) is 26.0 Å². The lowest BCUT2D eigenvalue weighted by molar-refractivity contribution is 0.0300. The summed E-state index contributed by atoms with van der Waals surface area (Å²) < 4.78 is 66.0. The number of carbonyl (C=O) groups excluding carboxylic acids is 1. The lowest BCUT2D eigenvalue weighted by Crippen LogP contribution is -2.41. The number of hydrogen-bond acceptors (Lipinski definition) is 9. The number of aromatic nitrogens is 5. The second-order valence-corrected chi connectivity index (χ2v) is 12.9. The Labute approximate surface area is 281 Å². The number of fused-ring (bicyclic) bond motifs is 2. The Kier molecular flexibility index (Phi) is 8.29. The van der Waals surface area contributed by atoms with Crippen molar-refractivity contribution >= 4 is 78.3 Å². The molecule has 1 fully saturated rings. The molecule has 17 heteroatoms. The standard InChI is InChI=1S/C31H22Cl2F2N8O4S/c32-18-5-3-7-23(25(18)33)48(45,46)41-20-9-8-19(34)28(26(20)35)39-30-29-21(36-16-37-30)10-11-24(38-29)43-22-6-2-1-4-17(22)27(40-43)31(44)42-12-14-47-15-13-42/h1-11,16,41H,12-15H2,(H,36,37,39). The molecular formula is C31H22Cl2F2N8O4S. The summed E-state index contributed by atoms with van der Waals surface area (Å²) in [5.74, 6) is -2.36. The van der Waals surface area contributed by atoms with Gasteiger partial charge in [0.2, 0.25) is 0 Å². The van der Waals surface area contributed by atoms with Crippen molar-refractivity contribution in [3.05, 3.63) is 100 Å². The fraction of sp³-hybridized carbons (Fsp3) is 0.129. The zero-order valence-electron chi connectivity index (χ0n) is 24.5. The number of pyridine rings is 1. The first-order valence-electron chi connectivity index (χ1n) is 14.3. The van der Waals surface area contributed by atoms with E-state index >= 15 is 8.78 Å². The van der Waals surface area contributed by atoms with E-state index in [1.54, 1.807) is 41.3 Å². The van der Waals surface area contributed by atoms with Crippen LogP contribution in [-0.4, -0.2) is 70.3 Å². The number of halogens is 4. The second kappa shape index (κ2) is 12.6. The smallest absolute Gasteiger partial charge is 0.275 e. The number of ether oxygens (including phenoxy) is 1. The van der Waals surface area contributed by atoms with Gasteiger partial charge < -0.3 is 15.0 Å². The van der Waals surface area contributed by atoms with Crippen molar-refractivity contribution in [2.24, 2.45) is 0 Å². The van der Waals surface area contributed by atoms with E-state index < -0.39 is 37.9 Å². The number of rotatable bonds is 7. The summed E-state index contributed by atoms with van der Waals surface area (Å²) in [6.07, 6.45) is 1.18. The predicted octanol–water partition coefficient (Wildman–Crippen LogP) is 5.97. The largest absolute Gasteiger partial charge is 0.378 e. The van der Waals surface area contributed by atoms with Gasteiger partial charge in [0.15, 0.2) is 23.1 Å². The Balaban J connectivity index is 1.26. The first-order chi connectivity index (χ1) is 23.1. The zero-order chi connectivity index (χ0) is 33.6. The summed E-state index contributed by atoms with van der Waals surface area (Å²) >= 11 is 12.0. The molecule has 3 aromatic heterocycles. The first-order valence-corrected chi connectivity index (χ1v) is 16.5. The van der Waals surface area contributed by atoms with Crippen LogP contribution >= 0.6 is 23.2 Å². The van der Waals surface area contributed by atoms with Crippen LogP contribution in [0.2, 0.25) is 10.0 Å². The van der Waals surface area contributed by atoms with E-state index in [2.05, 4.69) is 30.1 Å². The van der Waals surface area contributed by atoms with E-state index in [0.717, 1.165) is 12.1 Å². The highest BCUT2D eigenvalue weighted by atomic mass is 35.5. The maximum absolute atomic E-state index is 15.8. The van der Waals surface area contributed by atoms with Crippen molar-refractivity contribution in [1.29, 1.82) is 0 Å². The van der Waals surface area contributed by atoms with Gasteiger partial charge in [0.1, 0.15) is 28.2 Å². The maximum atomic E-state index is 15.8. The molecule has 12 nitrogen and oxygen atoms in total. The van der Waals surface area contributed by atoms with Crippen LogP contribution in [0.5, 0.6) is 0 Å². The van der Waals surface area contributed by atoms with E-state index in [9.17, 15) is 13.2 Å². The molecule has 244 valence electrons. The Bertz CT molecular complexity index is 2350. The van der Waals surface area contributed by atoms with Gasteiger partial charge in [0, 0.05) is 18.5 Å². The van der Waals surface area contributed by atoms with Crippen LogP contribution in [0.3, 0.4) is 0 Å². The summed E-state index contributed by atoms with van der Waals surface area (Å²) in [6, 6.07) is 16.2. The van der Waals surface area contributed by atoms with Gasteiger partial charge in [0.05, 0.1) is 40.0 Å². The Hall–Kier alpha value is -4.96. The number of morpholine rings is 1. The Morgan fingerprint density at radius 2 is 1.73 bits per heavy atom. The zero-order valence-corrected chi connectivity index (χ0v) is 26.8. The molecule has 0 atom stereocenters. The molecule has 6 aromatic rings. The molecule has 3 aromatic carbocycles. The van der Waals surface area contributed by atoms with Crippen molar-refractivity contribution < 1.29 is 26.7 Å². The topological polar surface area (TPSA) is 144 Å². The fourth-order valence-corrected chi connectivity index (χ4v) is 7.03. The quantitative estimate of drug-likeness (QED) is 0.205. The highest BCUT2D eigenvalue weighted by molar-refractivity contribution is 7.92. The molecule has 0 bridgehead atoms. The summed E-state index contributed by atoms with van der Waals surface area (Å²) in [4.78, 5) is 27.8. The number of sulfonamides is 1. The summed E-state index contributed by atoms with van der Waals surface area (Å²) in [7, 11) is -4.43. The monoisotopic (exact) mass is 710 g/mol. The third-order valence-corrected chi connectivity index (χ3v) is 9.90. The van der Waals surface area contributed by atoms with Crippen LogP contribution in [-0.2, 0) is 14.8 Å². The summed E-state index contributed by atoms with van der Waals surface area (Å²) in [5.41, 5.74) is 0.00501. The van der Waals surface area contributed by atoms with Gasteiger partial charge in [-0.1, -0.05) is 47.5 Å². The molecule has 0 spiro atoms. The maximum Gasteiger partial charge on any atom is 0.275 e. The van der Waals surface area contributed by atoms with E-state index in [-0.39, 0.29) is 38.8 Å². The van der Waals surface area contributed by atoms with Gasteiger partial charge in [0.25, 0.3) is 15.9 Å². The number of nitrogens with one attached hydrogen (secondary N) is 2. The third kappa shape index (κ3) is 5.74. The first kappa shape index (κ1) is 31.6. The summed E-state index contributed by atoms with van der Waals surface area (Å²) in [5, 5.41) is 7.56. The van der Waals surface area contributed by atoms with Crippen LogP contribution in [0.15, 0.2) is 78.0 Å². The minimum absolute atomic E-state index is 0.0213. The number of anilines is 3. The van der Waals surface area contributed by atoms with Gasteiger partial charge in [-0.2, -0.15) is 5.10 Å². The predicted molar refractivity (Wildman–Crippen MR) is 176 cm³/mol. The van der Waals surface area contributed by atoms with Gasteiger partial charge >= 0.3 is 0 Å². The van der Waals surface area contributed by atoms with Crippen molar-refractivity contribution in [3.63, 3.8) is 0 Å². The Morgan fingerprint density at radius 3 is 2.54 bits per heavy atom. The van der Waals surface area contributed by atoms with Crippen molar-refractivity contribution in [1.82, 2.24) is 29.6 Å². The number of nitrogens with zero attached hydrogens (tertiary/aromatic N) is 6. The van der Waals surface area contributed by atoms with Crippen LogP contribution in [0.25, 0.3) is 27.8 Å². The minimum Gasteiger partial charge on any atom is -0.378 e. The van der Waals surface area contributed by atoms with Gasteiger partial charge in [-0.3, -0.25) is 9.52 Å². The summed E-state index contributed by atoms with van der Waals surface area (Å²) in [6.45, 7) is 1.73. The van der Waals surface area contributed by atoms with Crippen LogP contribution < -0.4 is 10.0 Å². The molecular weight excluding hydrogens is 689 g/mol. The third-order valence-electron chi connectivity index (χ3n) is 7.56.